The standard InChI is InChI=1S/C21H23NO6/c1-12-11-27-17-10-18-15(8-14(12)17)13(2)16(21(26)28-18)9-19(23)22-7-5-3-4-6-20(24)25/h8,10-11H,3-7,9H2,1-2H3,(H,22,23)(H,24,25). The predicted molar refractivity (Wildman–Crippen MR) is 105 cm³/mol. The molecule has 0 radical (unpaired) electrons. The fraction of sp³-hybridized carbons (Fsp3) is 0.381. The molecule has 7 heteroatoms. The van der Waals surface area contributed by atoms with E-state index in [4.69, 9.17) is 13.9 Å². The van der Waals surface area contributed by atoms with Crippen LogP contribution in [-0.4, -0.2) is 23.5 Å². The topological polar surface area (TPSA) is 110 Å². The fourth-order valence-electron chi connectivity index (χ4n) is 3.27. The van der Waals surface area contributed by atoms with Gasteiger partial charge in [0.15, 0.2) is 0 Å². The molecule has 0 atom stereocenters. The number of carbonyl (C=O) groups excluding carboxylic acids is 1. The number of rotatable bonds is 8. The molecule has 0 aliphatic rings. The number of carbonyl (C=O) groups is 2. The lowest BCUT2D eigenvalue weighted by Crippen LogP contribution is -2.28. The van der Waals surface area contributed by atoms with Gasteiger partial charge in [-0.2, -0.15) is 0 Å². The van der Waals surface area contributed by atoms with Crippen molar-refractivity contribution in [1.82, 2.24) is 5.32 Å². The largest absolute Gasteiger partial charge is 0.481 e. The minimum Gasteiger partial charge on any atom is -0.481 e. The molecule has 2 aromatic heterocycles. The van der Waals surface area contributed by atoms with Crippen LogP contribution in [0.3, 0.4) is 0 Å². The molecule has 148 valence electrons. The first-order chi connectivity index (χ1) is 13.4. The number of aliphatic carboxylic acids is 1. The number of benzene rings is 1. The molecule has 0 unspecified atom stereocenters. The van der Waals surface area contributed by atoms with Gasteiger partial charge in [0.1, 0.15) is 11.2 Å². The lowest BCUT2D eigenvalue weighted by molar-refractivity contribution is -0.137. The maximum Gasteiger partial charge on any atom is 0.340 e. The van der Waals surface area contributed by atoms with Gasteiger partial charge in [0.05, 0.1) is 18.2 Å². The van der Waals surface area contributed by atoms with Gasteiger partial charge in [-0.3, -0.25) is 9.59 Å². The van der Waals surface area contributed by atoms with Crippen LogP contribution in [-0.2, 0) is 16.0 Å². The number of unbranched alkanes of at least 4 members (excludes halogenated alkanes) is 2. The summed E-state index contributed by atoms with van der Waals surface area (Å²) in [5.74, 6) is -1.07. The van der Waals surface area contributed by atoms with Gasteiger partial charge in [0.25, 0.3) is 0 Å². The third-order valence-electron chi connectivity index (χ3n) is 4.90. The zero-order chi connectivity index (χ0) is 20.3. The quantitative estimate of drug-likeness (QED) is 0.454. The molecule has 1 aromatic carbocycles. The summed E-state index contributed by atoms with van der Waals surface area (Å²) < 4.78 is 10.9. The second-order valence-electron chi connectivity index (χ2n) is 6.99. The normalized spacial score (nSPS) is 11.2. The summed E-state index contributed by atoms with van der Waals surface area (Å²) in [6, 6.07) is 3.62. The molecule has 0 fully saturated rings. The van der Waals surface area contributed by atoms with E-state index in [-0.39, 0.29) is 18.7 Å². The van der Waals surface area contributed by atoms with E-state index < -0.39 is 11.6 Å². The van der Waals surface area contributed by atoms with Crippen molar-refractivity contribution in [3.63, 3.8) is 0 Å². The fourth-order valence-corrected chi connectivity index (χ4v) is 3.27. The minimum atomic E-state index is -0.814. The molecular formula is C21H23NO6. The smallest absolute Gasteiger partial charge is 0.340 e. The first kappa shape index (κ1) is 19.7. The van der Waals surface area contributed by atoms with Gasteiger partial charge in [-0.1, -0.05) is 6.42 Å². The van der Waals surface area contributed by atoms with Crippen molar-refractivity contribution < 1.29 is 23.5 Å². The molecule has 3 rings (SSSR count). The molecule has 0 spiro atoms. The summed E-state index contributed by atoms with van der Waals surface area (Å²) in [6.07, 6.45) is 3.74. The first-order valence-corrected chi connectivity index (χ1v) is 9.29. The maximum absolute atomic E-state index is 12.4. The predicted octanol–water partition coefficient (Wildman–Crippen LogP) is 3.46. The van der Waals surface area contributed by atoms with E-state index >= 15 is 0 Å². The van der Waals surface area contributed by atoms with E-state index in [9.17, 15) is 14.4 Å². The Morgan fingerprint density at radius 2 is 1.86 bits per heavy atom. The second-order valence-corrected chi connectivity index (χ2v) is 6.99. The summed E-state index contributed by atoms with van der Waals surface area (Å²) in [7, 11) is 0. The Kier molecular flexibility index (Phi) is 5.82. The summed E-state index contributed by atoms with van der Waals surface area (Å²) in [5, 5.41) is 13.1. The van der Waals surface area contributed by atoms with Crippen LogP contribution in [0, 0.1) is 13.8 Å². The van der Waals surface area contributed by atoms with Gasteiger partial charge >= 0.3 is 11.6 Å². The number of hydrogen-bond acceptors (Lipinski definition) is 5. The number of aryl methyl sites for hydroxylation is 2. The Bertz CT molecular complexity index is 1090. The highest BCUT2D eigenvalue weighted by Gasteiger charge is 2.16. The van der Waals surface area contributed by atoms with Crippen LogP contribution in [0.15, 0.2) is 32.0 Å². The van der Waals surface area contributed by atoms with Gasteiger partial charge in [-0.25, -0.2) is 4.79 Å². The Morgan fingerprint density at radius 3 is 2.61 bits per heavy atom. The van der Waals surface area contributed by atoms with Crippen molar-refractivity contribution in [2.45, 2.75) is 46.0 Å². The molecule has 0 aliphatic heterocycles. The van der Waals surface area contributed by atoms with Gasteiger partial charge in [0, 0.05) is 29.8 Å². The molecule has 0 saturated heterocycles. The Balaban J connectivity index is 1.71. The van der Waals surface area contributed by atoms with Gasteiger partial charge < -0.3 is 19.3 Å². The van der Waals surface area contributed by atoms with E-state index in [2.05, 4.69) is 5.32 Å². The lowest BCUT2D eigenvalue weighted by atomic mass is 10.0. The molecule has 0 aliphatic carbocycles. The number of carboxylic acid groups (broad SMARTS) is 1. The van der Waals surface area contributed by atoms with Crippen LogP contribution in [0.2, 0.25) is 0 Å². The van der Waals surface area contributed by atoms with Crippen molar-refractivity contribution in [3.05, 3.63) is 45.5 Å². The summed E-state index contributed by atoms with van der Waals surface area (Å²) in [4.78, 5) is 35.1. The van der Waals surface area contributed by atoms with Gasteiger partial charge in [-0.15, -0.1) is 0 Å². The van der Waals surface area contributed by atoms with Crippen LogP contribution in [0.25, 0.3) is 21.9 Å². The lowest BCUT2D eigenvalue weighted by Gasteiger charge is -2.09. The van der Waals surface area contributed by atoms with E-state index in [0.717, 1.165) is 28.3 Å². The number of carboxylic acids is 1. The van der Waals surface area contributed by atoms with Crippen LogP contribution < -0.4 is 10.9 Å². The Hall–Kier alpha value is -3.09. The van der Waals surface area contributed by atoms with Crippen molar-refractivity contribution in [1.29, 1.82) is 0 Å². The molecule has 7 nitrogen and oxygen atoms in total. The number of nitrogens with one attached hydrogen (secondary N) is 1. The third kappa shape index (κ3) is 4.24. The van der Waals surface area contributed by atoms with Crippen LogP contribution in [0.4, 0.5) is 0 Å². The molecule has 3 aromatic rings. The SMILES string of the molecule is Cc1coc2cc3oc(=O)c(CC(=O)NCCCCCC(=O)O)c(C)c3cc12. The molecular weight excluding hydrogens is 362 g/mol. The molecule has 2 heterocycles. The zero-order valence-electron chi connectivity index (χ0n) is 16.0. The average molecular weight is 385 g/mol. The molecule has 0 bridgehead atoms. The first-order valence-electron chi connectivity index (χ1n) is 9.29. The van der Waals surface area contributed by atoms with Crippen molar-refractivity contribution in [2.75, 3.05) is 6.54 Å². The summed E-state index contributed by atoms with van der Waals surface area (Å²) in [6.45, 7) is 4.21. The average Bonchev–Trinajstić information content (AvgIpc) is 3.00. The van der Waals surface area contributed by atoms with E-state index in [1.165, 1.54) is 0 Å². The Labute approximate surface area is 161 Å². The monoisotopic (exact) mass is 385 g/mol. The number of furan rings is 1. The highest BCUT2D eigenvalue weighted by atomic mass is 16.4. The third-order valence-corrected chi connectivity index (χ3v) is 4.90. The second kappa shape index (κ2) is 8.29. The Morgan fingerprint density at radius 1 is 1.07 bits per heavy atom. The van der Waals surface area contributed by atoms with Crippen LogP contribution in [0.5, 0.6) is 0 Å². The maximum atomic E-state index is 12.4. The van der Waals surface area contributed by atoms with Crippen molar-refractivity contribution in [2.24, 2.45) is 0 Å². The van der Waals surface area contributed by atoms with Gasteiger partial charge in [-0.05, 0) is 43.9 Å². The summed E-state index contributed by atoms with van der Waals surface area (Å²) in [5.41, 5.74) is 2.63. The number of amides is 1. The van der Waals surface area contributed by atoms with Crippen LogP contribution >= 0.6 is 0 Å². The van der Waals surface area contributed by atoms with Crippen LogP contribution in [0.1, 0.15) is 42.4 Å². The number of fused-ring (bicyclic) bond motifs is 2. The molecule has 2 N–H and O–H groups in total. The zero-order valence-corrected chi connectivity index (χ0v) is 16.0. The minimum absolute atomic E-state index is 0.0539. The molecule has 0 saturated carbocycles. The molecule has 28 heavy (non-hydrogen) atoms. The van der Waals surface area contributed by atoms with E-state index in [0.29, 0.717) is 36.1 Å². The van der Waals surface area contributed by atoms with Crippen molar-refractivity contribution in [3.8, 4) is 0 Å². The summed E-state index contributed by atoms with van der Waals surface area (Å²) >= 11 is 0. The highest BCUT2D eigenvalue weighted by molar-refractivity contribution is 5.96. The van der Waals surface area contributed by atoms with Gasteiger partial charge in [0.2, 0.25) is 5.91 Å². The molecule has 1 amide bonds. The number of hydrogen-bond donors (Lipinski definition) is 2. The highest BCUT2D eigenvalue weighted by Crippen LogP contribution is 2.28. The van der Waals surface area contributed by atoms with E-state index in [1.54, 1.807) is 12.3 Å². The van der Waals surface area contributed by atoms with E-state index in [1.807, 2.05) is 19.9 Å². The van der Waals surface area contributed by atoms with Crippen molar-refractivity contribution >= 4 is 33.8 Å².